The van der Waals surface area contributed by atoms with Gasteiger partial charge < -0.3 is 10.1 Å². The van der Waals surface area contributed by atoms with E-state index in [-0.39, 0.29) is 0 Å². The van der Waals surface area contributed by atoms with E-state index in [0.717, 1.165) is 12.6 Å². The molecular weight excluding hydrogens is 200 g/mol. The van der Waals surface area contributed by atoms with Crippen LogP contribution >= 0.6 is 0 Å². The SMILES string of the molecule is CCC1CN(CCCCOC)C(CC)CN1. The predicted octanol–water partition coefficient (Wildman–Crippen LogP) is 1.88. The fraction of sp³-hybridized carbons (Fsp3) is 1.00. The van der Waals surface area contributed by atoms with Crippen LogP contribution in [-0.2, 0) is 4.74 Å². The second kappa shape index (κ2) is 8.04. The van der Waals surface area contributed by atoms with Crippen LogP contribution in [0.4, 0.5) is 0 Å². The summed E-state index contributed by atoms with van der Waals surface area (Å²) in [6.07, 6.45) is 4.95. The van der Waals surface area contributed by atoms with E-state index < -0.39 is 0 Å². The van der Waals surface area contributed by atoms with E-state index in [1.807, 2.05) is 0 Å². The highest BCUT2D eigenvalue weighted by atomic mass is 16.5. The van der Waals surface area contributed by atoms with Crippen LogP contribution in [0.1, 0.15) is 39.5 Å². The second-order valence-electron chi connectivity index (χ2n) is 4.77. The molecule has 3 nitrogen and oxygen atoms in total. The molecule has 1 aliphatic heterocycles. The Kier molecular flexibility index (Phi) is 7.01. The van der Waals surface area contributed by atoms with Crippen LogP contribution in [0.15, 0.2) is 0 Å². The third kappa shape index (κ3) is 4.40. The van der Waals surface area contributed by atoms with Crippen LogP contribution in [0.5, 0.6) is 0 Å². The molecule has 0 amide bonds. The normalized spacial score (nSPS) is 27.2. The Morgan fingerprint density at radius 1 is 1.25 bits per heavy atom. The summed E-state index contributed by atoms with van der Waals surface area (Å²) in [5.74, 6) is 0. The van der Waals surface area contributed by atoms with Gasteiger partial charge in [-0.25, -0.2) is 0 Å². The van der Waals surface area contributed by atoms with Gasteiger partial charge in [-0.15, -0.1) is 0 Å². The van der Waals surface area contributed by atoms with E-state index >= 15 is 0 Å². The third-order valence-corrected chi connectivity index (χ3v) is 3.62. The lowest BCUT2D eigenvalue weighted by molar-refractivity contribution is 0.117. The summed E-state index contributed by atoms with van der Waals surface area (Å²) in [4.78, 5) is 2.67. The number of ether oxygens (including phenoxy) is 1. The minimum absolute atomic E-state index is 0.699. The lowest BCUT2D eigenvalue weighted by Gasteiger charge is -2.40. The van der Waals surface area contributed by atoms with E-state index in [4.69, 9.17) is 4.74 Å². The molecule has 0 saturated carbocycles. The average molecular weight is 228 g/mol. The maximum absolute atomic E-state index is 5.10. The molecule has 1 aliphatic rings. The number of rotatable bonds is 7. The number of hydrogen-bond acceptors (Lipinski definition) is 3. The van der Waals surface area contributed by atoms with Crippen molar-refractivity contribution >= 4 is 0 Å². The molecule has 16 heavy (non-hydrogen) atoms. The zero-order valence-electron chi connectivity index (χ0n) is 11.2. The zero-order valence-corrected chi connectivity index (χ0v) is 11.2. The van der Waals surface area contributed by atoms with Crippen molar-refractivity contribution in [2.24, 2.45) is 0 Å². The van der Waals surface area contributed by atoms with Crippen molar-refractivity contribution in [3.63, 3.8) is 0 Å². The molecule has 0 aromatic rings. The van der Waals surface area contributed by atoms with Gasteiger partial charge in [0.2, 0.25) is 0 Å². The monoisotopic (exact) mass is 228 g/mol. The fourth-order valence-electron chi connectivity index (χ4n) is 2.44. The van der Waals surface area contributed by atoms with Gasteiger partial charge in [0.25, 0.3) is 0 Å². The number of nitrogens with zero attached hydrogens (tertiary/aromatic N) is 1. The standard InChI is InChI=1S/C13H28N2O/c1-4-12-11-15(8-6-7-9-16-3)13(5-2)10-14-12/h12-14H,4-11H2,1-3H3. The lowest BCUT2D eigenvalue weighted by Crippen LogP contribution is -2.56. The summed E-state index contributed by atoms with van der Waals surface area (Å²) in [5.41, 5.74) is 0. The molecule has 1 saturated heterocycles. The number of nitrogens with one attached hydrogen (secondary N) is 1. The molecule has 0 radical (unpaired) electrons. The van der Waals surface area contributed by atoms with Gasteiger partial charge in [-0.1, -0.05) is 13.8 Å². The van der Waals surface area contributed by atoms with Gasteiger partial charge in [-0.3, -0.25) is 4.90 Å². The molecule has 1 rings (SSSR count). The highest BCUT2D eigenvalue weighted by Crippen LogP contribution is 2.12. The maximum Gasteiger partial charge on any atom is 0.0462 e. The largest absolute Gasteiger partial charge is 0.385 e. The maximum atomic E-state index is 5.10. The van der Waals surface area contributed by atoms with Gasteiger partial charge in [-0.05, 0) is 32.2 Å². The molecule has 0 bridgehead atoms. The first-order valence-corrected chi connectivity index (χ1v) is 6.78. The minimum Gasteiger partial charge on any atom is -0.385 e. The molecule has 1 heterocycles. The molecule has 1 N–H and O–H groups in total. The topological polar surface area (TPSA) is 24.5 Å². The van der Waals surface area contributed by atoms with Gasteiger partial charge in [0.05, 0.1) is 0 Å². The van der Waals surface area contributed by atoms with Crippen molar-refractivity contribution in [1.29, 1.82) is 0 Å². The van der Waals surface area contributed by atoms with Crippen molar-refractivity contribution in [3.8, 4) is 0 Å². The Labute approximate surface area is 101 Å². The van der Waals surface area contributed by atoms with Gasteiger partial charge in [0.1, 0.15) is 0 Å². The van der Waals surface area contributed by atoms with Crippen LogP contribution < -0.4 is 5.32 Å². The smallest absolute Gasteiger partial charge is 0.0462 e. The Bertz CT molecular complexity index is 175. The molecule has 0 aromatic heterocycles. The first-order chi connectivity index (χ1) is 7.81. The van der Waals surface area contributed by atoms with Crippen LogP contribution in [0.2, 0.25) is 0 Å². The van der Waals surface area contributed by atoms with Crippen LogP contribution in [0, 0.1) is 0 Å². The number of hydrogen-bond donors (Lipinski definition) is 1. The Morgan fingerprint density at radius 3 is 2.69 bits per heavy atom. The summed E-state index contributed by atoms with van der Waals surface area (Å²) in [6.45, 7) is 9.09. The van der Waals surface area contributed by atoms with E-state index in [1.165, 1.54) is 45.3 Å². The number of unbranched alkanes of at least 4 members (excludes halogenated alkanes) is 1. The van der Waals surface area contributed by atoms with Gasteiger partial charge in [0, 0.05) is 38.9 Å². The molecular formula is C13H28N2O. The molecule has 0 spiro atoms. The molecule has 3 heteroatoms. The van der Waals surface area contributed by atoms with Gasteiger partial charge in [-0.2, -0.15) is 0 Å². The molecule has 96 valence electrons. The van der Waals surface area contributed by atoms with Crippen LogP contribution in [0.3, 0.4) is 0 Å². The summed E-state index contributed by atoms with van der Waals surface area (Å²) in [7, 11) is 1.78. The Hall–Kier alpha value is -0.120. The minimum atomic E-state index is 0.699. The molecule has 1 fully saturated rings. The van der Waals surface area contributed by atoms with E-state index in [9.17, 15) is 0 Å². The highest BCUT2D eigenvalue weighted by molar-refractivity contribution is 4.84. The molecule has 2 atom stereocenters. The van der Waals surface area contributed by atoms with Crippen molar-refractivity contribution in [1.82, 2.24) is 10.2 Å². The lowest BCUT2D eigenvalue weighted by atomic mass is 10.0. The van der Waals surface area contributed by atoms with Crippen LogP contribution in [0.25, 0.3) is 0 Å². The van der Waals surface area contributed by atoms with Crippen molar-refractivity contribution in [2.45, 2.75) is 51.6 Å². The second-order valence-corrected chi connectivity index (χ2v) is 4.77. The molecule has 0 aromatic carbocycles. The summed E-state index contributed by atoms with van der Waals surface area (Å²) in [6, 6.07) is 1.44. The molecule has 2 unspecified atom stereocenters. The van der Waals surface area contributed by atoms with Gasteiger partial charge >= 0.3 is 0 Å². The quantitative estimate of drug-likeness (QED) is 0.673. The summed E-state index contributed by atoms with van der Waals surface area (Å²) >= 11 is 0. The van der Waals surface area contributed by atoms with Crippen LogP contribution in [-0.4, -0.2) is 50.3 Å². The average Bonchev–Trinajstić information content (AvgIpc) is 2.34. The number of piperazine rings is 1. The van der Waals surface area contributed by atoms with Crippen molar-refractivity contribution in [2.75, 3.05) is 33.4 Å². The number of methoxy groups -OCH3 is 1. The first-order valence-electron chi connectivity index (χ1n) is 6.78. The Morgan fingerprint density at radius 2 is 2.06 bits per heavy atom. The third-order valence-electron chi connectivity index (χ3n) is 3.62. The van der Waals surface area contributed by atoms with Crippen molar-refractivity contribution in [3.05, 3.63) is 0 Å². The van der Waals surface area contributed by atoms with Crippen molar-refractivity contribution < 1.29 is 4.74 Å². The van der Waals surface area contributed by atoms with Gasteiger partial charge in [0.15, 0.2) is 0 Å². The summed E-state index contributed by atoms with van der Waals surface area (Å²) in [5, 5.41) is 3.63. The highest BCUT2D eigenvalue weighted by Gasteiger charge is 2.24. The molecule has 0 aliphatic carbocycles. The van der Waals surface area contributed by atoms with E-state index in [0.29, 0.717) is 6.04 Å². The Balaban J connectivity index is 2.27. The zero-order chi connectivity index (χ0) is 11.8. The van der Waals surface area contributed by atoms with E-state index in [1.54, 1.807) is 7.11 Å². The van der Waals surface area contributed by atoms with E-state index in [2.05, 4.69) is 24.1 Å². The summed E-state index contributed by atoms with van der Waals surface area (Å²) < 4.78 is 5.10. The predicted molar refractivity (Wildman–Crippen MR) is 68.8 cm³/mol. The first kappa shape index (κ1) is 13.9. The fourth-order valence-corrected chi connectivity index (χ4v) is 2.44.